The lowest BCUT2D eigenvalue weighted by Crippen LogP contribution is -2.13. The Morgan fingerprint density at radius 1 is 1.42 bits per heavy atom. The Bertz CT molecular complexity index is 786. The van der Waals surface area contributed by atoms with Crippen molar-refractivity contribution in [2.24, 2.45) is 0 Å². The van der Waals surface area contributed by atoms with Crippen molar-refractivity contribution in [2.75, 3.05) is 18.5 Å². The van der Waals surface area contributed by atoms with Crippen molar-refractivity contribution in [3.63, 3.8) is 0 Å². The van der Waals surface area contributed by atoms with Gasteiger partial charge in [0.2, 0.25) is 5.91 Å². The molecule has 0 aliphatic rings. The van der Waals surface area contributed by atoms with E-state index in [-0.39, 0.29) is 12.5 Å². The van der Waals surface area contributed by atoms with Crippen molar-refractivity contribution < 1.29 is 14.3 Å². The summed E-state index contributed by atoms with van der Waals surface area (Å²) in [5.41, 5.74) is 1.26. The minimum absolute atomic E-state index is 0.254. The van der Waals surface area contributed by atoms with Gasteiger partial charge in [0.1, 0.15) is 10.6 Å². The van der Waals surface area contributed by atoms with Crippen LogP contribution in [0.2, 0.25) is 5.02 Å². The van der Waals surface area contributed by atoms with Gasteiger partial charge in [0, 0.05) is 25.4 Å². The maximum absolute atomic E-state index is 12.3. The largest absolute Gasteiger partial charge is 0.462 e. The maximum atomic E-state index is 12.3. The Hall–Kier alpha value is -1.89. The maximum Gasteiger partial charge on any atom is 0.341 e. The molecular formula is C17H19ClN2O3S. The van der Waals surface area contributed by atoms with Gasteiger partial charge in [-0.3, -0.25) is 4.79 Å². The van der Waals surface area contributed by atoms with Gasteiger partial charge in [0.15, 0.2) is 0 Å². The van der Waals surface area contributed by atoms with Crippen LogP contribution >= 0.6 is 22.9 Å². The molecule has 5 nitrogen and oxygen atoms in total. The number of nitrogens with one attached hydrogen (secondary N) is 2. The third-order valence-electron chi connectivity index (χ3n) is 3.25. The Labute approximate surface area is 149 Å². The molecule has 1 aromatic heterocycles. The minimum atomic E-state index is -0.471. The minimum Gasteiger partial charge on any atom is -0.462 e. The van der Waals surface area contributed by atoms with Crippen LogP contribution in [-0.4, -0.2) is 25.0 Å². The quantitative estimate of drug-likeness (QED) is 0.442. The first-order valence-electron chi connectivity index (χ1n) is 7.49. The van der Waals surface area contributed by atoms with Crippen molar-refractivity contribution in [2.45, 2.75) is 20.4 Å². The molecule has 1 amide bonds. The van der Waals surface area contributed by atoms with Gasteiger partial charge in [0.25, 0.3) is 0 Å². The van der Waals surface area contributed by atoms with Crippen LogP contribution in [0.1, 0.15) is 29.8 Å². The Morgan fingerprint density at radius 2 is 2.17 bits per heavy atom. The fourth-order valence-electron chi connectivity index (χ4n) is 2.27. The number of fused-ring (bicyclic) bond motifs is 1. The molecule has 1 heterocycles. The highest BCUT2D eigenvalue weighted by molar-refractivity contribution is 7.24. The van der Waals surface area contributed by atoms with E-state index in [4.69, 9.17) is 16.3 Å². The first-order valence-corrected chi connectivity index (χ1v) is 8.69. The van der Waals surface area contributed by atoms with Crippen LogP contribution in [0.15, 0.2) is 24.8 Å². The molecule has 0 aliphatic carbocycles. The van der Waals surface area contributed by atoms with Crippen molar-refractivity contribution >= 4 is 49.9 Å². The SMILES string of the molecule is C=CCNCc1ccc2c(C(=O)OCC)c(NC(C)=O)sc2c1Cl. The summed E-state index contributed by atoms with van der Waals surface area (Å²) in [4.78, 5) is 23.7. The van der Waals surface area contributed by atoms with Gasteiger partial charge in [-0.1, -0.05) is 29.8 Å². The van der Waals surface area contributed by atoms with E-state index in [1.165, 1.54) is 18.3 Å². The highest BCUT2D eigenvalue weighted by Crippen LogP contribution is 2.41. The van der Waals surface area contributed by atoms with E-state index in [9.17, 15) is 9.59 Å². The number of carbonyl (C=O) groups is 2. The van der Waals surface area contributed by atoms with Crippen molar-refractivity contribution in [1.82, 2.24) is 5.32 Å². The van der Waals surface area contributed by atoms with E-state index < -0.39 is 5.97 Å². The molecule has 0 fully saturated rings. The van der Waals surface area contributed by atoms with Crippen LogP contribution in [0.5, 0.6) is 0 Å². The van der Waals surface area contributed by atoms with Crippen molar-refractivity contribution in [3.8, 4) is 0 Å². The molecule has 0 saturated heterocycles. The second-order valence-electron chi connectivity index (χ2n) is 5.04. The van der Waals surface area contributed by atoms with Crippen molar-refractivity contribution in [3.05, 3.63) is 40.9 Å². The van der Waals surface area contributed by atoms with Crippen LogP contribution < -0.4 is 10.6 Å². The van der Waals surface area contributed by atoms with E-state index in [0.29, 0.717) is 34.1 Å². The number of hydrogen-bond acceptors (Lipinski definition) is 5. The molecule has 2 aromatic rings. The number of amides is 1. The zero-order valence-corrected chi connectivity index (χ0v) is 15.1. The molecule has 7 heteroatoms. The van der Waals surface area contributed by atoms with Gasteiger partial charge in [0.05, 0.1) is 16.3 Å². The van der Waals surface area contributed by atoms with Gasteiger partial charge >= 0.3 is 5.97 Å². The lowest BCUT2D eigenvalue weighted by Gasteiger charge is -2.07. The van der Waals surface area contributed by atoms with Gasteiger partial charge in [-0.05, 0) is 12.5 Å². The molecule has 0 aliphatic heterocycles. The standard InChI is InChI=1S/C17H19ClN2O3S/c1-4-8-19-9-11-6-7-12-13(17(22)23-5-2)16(20-10(3)21)24-15(12)14(11)18/h4,6-7,19H,1,5,8-9H2,2-3H3,(H,20,21). The molecule has 0 saturated carbocycles. The van der Waals surface area contributed by atoms with Crippen molar-refractivity contribution in [1.29, 1.82) is 0 Å². The van der Waals surface area contributed by atoms with Gasteiger partial charge in [-0.25, -0.2) is 4.79 Å². The normalized spacial score (nSPS) is 10.6. The summed E-state index contributed by atoms with van der Waals surface area (Å²) < 4.78 is 5.87. The van der Waals surface area contributed by atoms with Crippen LogP contribution in [0.3, 0.4) is 0 Å². The number of halogens is 1. The molecule has 0 unspecified atom stereocenters. The number of ether oxygens (including phenoxy) is 1. The summed E-state index contributed by atoms with van der Waals surface area (Å²) >= 11 is 7.78. The van der Waals surface area contributed by atoms with Crippen LogP contribution in [-0.2, 0) is 16.1 Å². The van der Waals surface area contributed by atoms with E-state index >= 15 is 0 Å². The molecular weight excluding hydrogens is 348 g/mol. The predicted molar refractivity (Wildman–Crippen MR) is 99.0 cm³/mol. The second-order valence-corrected chi connectivity index (χ2v) is 6.44. The molecule has 2 N–H and O–H groups in total. The predicted octanol–water partition coefficient (Wildman–Crippen LogP) is 3.97. The summed E-state index contributed by atoms with van der Waals surface area (Å²) in [6.07, 6.45) is 1.77. The molecule has 24 heavy (non-hydrogen) atoms. The van der Waals surface area contributed by atoms with E-state index in [1.807, 2.05) is 12.1 Å². The topological polar surface area (TPSA) is 67.4 Å². The first kappa shape index (κ1) is 18.4. The lowest BCUT2D eigenvalue weighted by molar-refractivity contribution is -0.114. The first-order chi connectivity index (χ1) is 11.5. The molecule has 2 rings (SSSR count). The average molecular weight is 367 g/mol. The van der Waals surface area contributed by atoms with E-state index in [0.717, 1.165) is 10.3 Å². The second kappa shape index (κ2) is 8.28. The number of anilines is 1. The monoisotopic (exact) mass is 366 g/mol. The Balaban J connectivity index is 2.52. The highest BCUT2D eigenvalue weighted by atomic mass is 35.5. The van der Waals surface area contributed by atoms with Gasteiger partial charge < -0.3 is 15.4 Å². The third kappa shape index (κ3) is 3.95. The van der Waals surface area contributed by atoms with E-state index in [2.05, 4.69) is 17.2 Å². The fraction of sp³-hybridized carbons (Fsp3) is 0.294. The summed E-state index contributed by atoms with van der Waals surface area (Å²) in [5, 5.41) is 7.59. The van der Waals surface area contributed by atoms with Crippen LogP contribution in [0, 0.1) is 0 Å². The number of hydrogen-bond donors (Lipinski definition) is 2. The summed E-state index contributed by atoms with van der Waals surface area (Å²) in [7, 11) is 0. The molecule has 128 valence electrons. The number of rotatable bonds is 7. The summed E-state index contributed by atoms with van der Waals surface area (Å²) in [5.74, 6) is -0.725. The van der Waals surface area contributed by atoms with Crippen LogP contribution in [0.25, 0.3) is 10.1 Å². The number of carbonyl (C=O) groups excluding carboxylic acids is 2. The van der Waals surface area contributed by atoms with Gasteiger partial charge in [-0.2, -0.15) is 0 Å². The number of benzene rings is 1. The lowest BCUT2D eigenvalue weighted by atomic mass is 10.1. The fourth-order valence-corrected chi connectivity index (χ4v) is 3.81. The number of esters is 1. The Kier molecular flexibility index (Phi) is 6.36. The zero-order chi connectivity index (χ0) is 17.7. The molecule has 0 atom stereocenters. The molecule has 0 bridgehead atoms. The van der Waals surface area contributed by atoms with E-state index in [1.54, 1.807) is 13.0 Å². The third-order valence-corrected chi connectivity index (χ3v) is 4.93. The molecule has 0 radical (unpaired) electrons. The highest BCUT2D eigenvalue weighted by Gasteiger charge is 2.23. The molecule has 0 spiro atoms. The summed E-state index contributed by atoms with van der Waals surface area (Å²) in [6.45, 7) is 8.30. The zero-order valence-electron chi connectivity index (χ0n) is 13.6. The smallest absolute Gasteiger partial charge is 0.341 e. The number of thiophene rings is 1. The van der Waals surface area contributed by atoms with Crippen LogP contribution in [0.4, 0.5) is 5.00 Å². The average Bonchev–Trinajstić information content (AvgIpc) is 2.88. The molecule has 1 aromatic carbocycles. The van der Waals surface area contributed by atoms with Gasteiger partial charge in [-0.15, -0.1) is 17.9 Å². The summed E-state index contributed by atoms with van der Waals surface area (Å²) in [6, 6.07) is 3.70. The Morgan fingerprint density at radius 3 is 2.79 bits per heavy atom.